The molecule has 74 valence electrons. The summed E-state index contributed by atoms with van der Waals surface area (Å²) in [6, 6.07) is 0.0463. The fraction of sp³-hybridized carbons (Fsp3) is 0.750. The topological polar surface area (TPSA) is 92.5 Å². The summed E-state index contributed by atoms with van der Waals surface area (Å²) in [4.78, 5) is 0. The summed E-state index contributed by atoms with van der Waals surface area (Å²) >= 11 is 0. The lowest BCUT2D eigenvalue weighted by atomic mass is 10.1. The van der Waals surface area contributed by atoms with Crippen LogP contribution in [0.15, 0.2) is 12.2 Å². The molecule has 0 spiro atoms. The number of hydrogen-bond acceptors (Lipinski definition) is 4. The number of aliphatic hydroxyl groups is 2. The minimum Gasteiger partial charge on any atom is -0.394 e. The van der Waals surface area contributed by atoms with Crippen molar-refractivity contribution in [3.05, 3.63) is 12.2 Å². The molecule has 0 aliphatic heterocycles. The molecule has 0 heterocycles. The molecule has 2 atom stereocenters. The van der Waals surface area contributed by atoms with E-state index in [4.69, 9.17) is 21.7 Å². The summed E-state index contributed by atoms with van der Waals surface area (Å²) in [6.45, 7) is 7.22. The third-order valence-corrected chi connectivity index (χ3v) is 1.27. The second-order valence-electron chi connectivity index (χ2n) is 2.60. The average Bonchev–Trinajstić information content (AvgIpc) is 2.03. The first-order chi connectivity index (χ1) is 5.47. The first-order valence-electron chi connectivity index (χ1n) is 3.88. The van der Waals surface area contributed by atoms with Crippen LogP contribution in [-0.4, -0.2) is 35.5 Å². The highest BCUT2D eigenvalue weighted by Gasteiger charge is 2.03. The first-order valence-corrected chi connectivity index (χ1v) is 3.88. The molecular formula is C8H20N2O2. The Bertz CT molecular complexity index is 102. The fourth-order valence-corrected chi connectivity index (χ4v) is 0.415. The molecule has 0 saturated heterocycles. The minimum absolute atomic E-state index is 0.0231. The first kappa shape index (κ1) is 14.1. The lowest BCUT2D eigenvalue weighted by Gasteiger charge is -2.11. The van der Waals surface area contributed by atoms with E-state index in [1.807, 2.05) is 13.8 Å². The van der Waals surface area contributed by atoms with E-state index < -0.39 is 0 Å². The van der Waals surface area contributed by atoms with E-state index in [2.05, 4.69) is 6.58 Å². The molecule has 0 aliphatic rings. The van der Waals surface area contributed by atoms with Gasteiger partial charge in [-0.15, -0.1) is 0 Å². The van der Waals surface area contributed by atoms with Gasteiger partial charge in [0.1, 0.15) is 0 Å². The standard InChI is InChI=1S/C6H14N2.C2H6O2/c1-4(5(2)7)6(3)8;3-1-2-4/h5-6H,1,7-8H2,2-3H3;3-4H,1-2H2. The van der Waals surface area contributed by atoms with Gasteiger partial charge in [-0.2, -0.15) is 0 Å². The van der Waals surface area contributed by atoms with Crippen molar-refractivity contribution >= 4 is 0 Å². The van der Waals surface area contributed by atoms with E-state index in [1.54, 1.807) is 0 Å². The summed E-state index contributed by atoms with van der Waals surface area (Å²) in [5.74, 6) is 0. The zero-order valence-corrected chi connectivity index (χ0v) is 7.83. The van der Waals surface area contributed by atoms with Crippen molar-refractivity contribution in [1.29, 1.82) is 0 Å². The maximum absolute atomic E-state index is 7.62. The lowest BCUT2D eigenvalue weighted by Crippen LogP contribution is -2.29. The minimum atomic E-state index is -0.125. The van der Waals surface area contributed by atoms with Crippen LogP contribution in [-0.2, 0) is 0 Å². The van der Waals surface area contributed by atoms with Gasteiger partial charge in [0.25, 0.3) is 0 Å². The molecule has 0 fully saturated rings. The average molecular weight is 176 g/mol. The molecule has 0 aromatic rings. The third-order valence-electron chi connectivity index (χ3n) is 1.27. The number of nitrogens with two attached hydrogens (primary N) is 2. The van der Waals surface area contributed by atoms with Crippen LogP contribution in [0.3, 0.4) is 0 Å². The summed E-state index contributed by atoms with van der Waals surface area (Å²) < 4.78 is 0. The van der Waals surface area contributed by atoms with Crippen LogP contribution in [0.25, 0.3) is 0 Å². The normalized spacial score (nSPS) is 14.2. The van der Waals surface area contributed by atoms with Gasteiger partial charge in [0.15, 0.2) is 0 Å². The molecular weight excluding hydrogens is 156 g/mol. The summed E-state index contributed by atoms with van der Waals surface area (Å²) in [5.41, 5.74) is 11.8. The zero-order valence-electron chi connectivity index (χ0n) is 7.83. The summed E-state index contributed by atoms with van der Waals surface area (Å²) in [5, 5.41) is 15.2. The Morgan fingerprint density at radius 3 is 1.42 bits per heavy atom. The van der Waals surface area contributed by atoms with Crippen LogP contribution >= 0.6 is 0 Å². The zero-order chi connectivity index (χ0) is 10.1. The van der Waals surface area contributed by atoms with Crippen molar-refractivity contribution < 1.29 is 10.2 Å². The van der Waals surface area contributed by atoms with Gasteiger partial charge in [-0.1, -0.05) is 6.58 Å². The maximum Gasteiger partial charge on any atom is 0.0662 e. The molecule has 0 aromatic carbocycles. The van der Waals surface area contributed by atoms with E-state index in [1.165, 1.54) is 0 Å². The van der Waals surface area contributed by atoms with Crippen LogP contribution in [0.4, 0.5) is 0 Å². The van der Waals surface area contributed by atoms with Crippen LogP contribution < -0.4 is 11.5 Å². The molecule has 0 bridgehead atoms. The van der Waals surface area contributed by atoms with E-state index in [0.29, 0.717) is 0 Å². The summed E-state index contributed by atoms with van der Waals surface area (Å²) in [6.07, 6.45) is 0. The molecule has 0 amide bonds. The Morgan fingerprint density at radius 2 is 1.42 bits per heavy atom. The molecule has 0 aromatic heterocycles. The van der Waals surface area contributed by atoms with Gasteiger partial charge in [0, 0.05) is 12.1 Å². The van der Waals surface area contributed by atoms with Crippen molar-refractivity contribution in [2.75, 3.05) is 13.2 Å². The van der Waals surface area contributed by atoms with E-state index in [9.17, 15) is 0 Å². The second-order valence-corrected chi connectivity index (χ2v) is 2.60. The Morgan fingerprint density at radius 1 is 1.17 bits per heavy atom. The molecule has 0 saturated carbocycles. The van der Waals surface area contributed by atoms with Crippen molar-refractivity contribution in [3.8, 4) is 0 Å². The van der Waals surface area contributed by atoms with Crippen LogP contribution in [0.5, 0.6) is 0 Å². The Kier molecular flexibility index (Phi) is 10.2. The lowest BCUT2D eigenvalue weighted by molar-refractivity contribution is 0.186. The molecule has 12 heavy (non-hydrogen) atoms. The van der Waals surface area contributed by atoms with Gasteiger partial charge in [0.2, 0.25) is 0 Å². The Hall–Kier alpha value is -0.420. The molecule has 0 radical (unpaired) electrons. The monoisotopic (exact) mass is 176 g/mol. The van der Waals surface area contributed by atoms with Crippen LogP contribution in [0, 0.1) is 0 Å². The number of aliphatic hydroxyl groups excluding tert-OH is 2. The van der Waals surface area contributed by atoms with E-state index >= 15 is 0 Å². The van der Waals surface area contributed by atoms with Crippen molar-refractivity contribution in [3.63, 3.8) is 0 Å². The van der Waals surface area contributed by atoms with Gasteiger partial charge in [-0.25, -0.2) is 0 Å². The van der Waals surface area contributed by atoms with Crippen molar-refractivity contribution in [2.45, 2.75) is 25.9 Å². The SMILES string of the molecule is C=C(C(C)N)C(C)N.OCCO. The van der Waals surface area contributed by atoms with Gasteiger partial charge in [-0.05, 0) is 19.4 Å². The highest BCUT2D eigenvalue weighted by atomic mass is 16.3. The fourth-order valence-electron chi connectivity index (χ4n) is 0.415. The van der Waals surface area contributed by atoms with E-state index in [-0.39, 0.29) is 25.3 Å². The smallest absolute Gasteiger partial charge is 0.0662 e. The highest BCUT2D eigenvalue weighted by Crippen LogP contribution is 1.98. The van der Waals surface area contributed by atoms with Crippen molar-refractivity contribution in [2.24, 2.45) is 11.5 Å². The van der Waals surface area contributed by atoms with Gasteiger partial charge in [-0.3, -0.25) is 0 Å². The van der Waals surface area contributed by atoms with Gasteiger partial charge in [0.05, 0.1) is 13.2 Å². The van der Waals surface area contributed by atoms with Crippen molar-refractivity contribution in [1.82, 2.24) is 0 Å². The Balaban J connectivity index is 0. The van der Waals surface area contributed by atoms with Gasteiger partial charge >= 0.3 is 0 Å². The molecule has 6 N–H and O–H groups in total. The quantitative estimate of drug-likeness (QED) is 0.424. The molecule has 4 heteroatoms. The molecule has 0 aliphatic carbocycles. The van der Waals surface area contributed by atoms with Crippen LogP contribution in [0.2, 0.25) is 0 Å². The third kappa shape index (κ3) is 9.58. The predicted molar refractivity (Wildman–Crippen MR) is 50.6 cm³/mol. The maximum atomic E-state index is 7.62. The highest BCUT2D eigenvalue weighted by molar-refractivity contribution is 5.08. The molecule has 0 rings (SSSR count). The van der Waals surface area contributed by atoms with Crippen LogP contribution in [0.1, 0.15) is 13.8 Å². The second kappa shape index (κ2) is 8.67. The Labute approximate surface area is 73.9 Å². The molecule has 4 nitrogen and oxygen atoms in total. The predicted octanol–water partition coefficient (Wildman–Crippen LogP) is -0.792. The molecule has 2 unspecified atom stereocenters. The summed E-state index contributed by atoms with van der Waals surface area (Å²) in [7, 11) is 0. The van der Waals surface area contributed by atoms with Gasteiger partial charge < -0.3 is 21.7 Å². The van der Waals surface area contributed by atoms with E-state index in [0.717, 1.165) is 5.57 Å². The largest absolute Gasteiger partial charge is 0.394 e. The number of hydrogen-bond donors (Lipinski definition) is 4. The number of rotatable bonds is 3.